The Morgan fingerprint density at radius 1 is 1.23 bits per heavy atom. The molecule has 0 fully saturated rings. The quantitative estimate of drug-likeness (QED) is 0.792. The molecule has 0 radical (unpaired) electrons. The number of carbonyl (C=O) groups excluding carboxylic acids is 2. The maximum absolute atomic E-state index is 12.7. The van der Waals surface area contributed by atoms with Gasteiger partial charge in [-0.2, -0.15) is 5.10 Å². The molecule has 0 saturated carbocycles. The molecule has 160 valence electrons. The van der Waals surface area contributed by atoms with Crippen LogP contribution < -0.4 is 15.4 Å². The van der Waals surface area contributed by atoms with Crippen molar-refractivity contribution in [1.82, 2.24) is 20.4 Å². The summed E-state index contributed by atoms with van der Waals surface area (Å²) in [5.74, 6) is 0.939. The highest BCUT2D eigenvalue weighted by Crippen LogP contribution is 2.31. The van der Waals surface area contributed by atoms with E-state index in [1.54, 1.807) is 6.20 Å². The number of amides is 2. The van der Waals surface area contributed by atoms with Gasteiger partial charge in [-0.15, -0.1) is 0 Å². The van der Waals surface area contributed by atoms with Gasteiger partial charge in [0.2, 0.25) is 0 Å². The third-order valence-electron chi connectivity index (χ3n) is 6.05. The Labute approximate surface area is 177 Å². The summed E-state index contributed by atoms with van der Waals surface area (Å²) in [6, 6.07) is 4.21. The molecule has 0 unspecified atom stereocenters. The molecule has 2 aliphatic heterocycles. The molecule has 2 N–H and O–H groups in total. The molecule has 2 atom stereocenters. The van der Waals surface area contributed by atoms with Gasteiger partial charge in [-0.25, -0.2) is 0 Å². The third-order valence-corrected chi connectivity index (χ3v) is 6.05. The first kappa shape index (κ1) is 20.4. The molecule has 0 saturated heterocycles. The van der Waals surface area contributed by atoms with Crippen molar-refractivity contribution in [3.63, 3.8) is 0 Å². The van der Waals surface area contributed by atoms with Gasteiger partial charge < -0.3 is 15.4 Å². The number of aromatic nitrogens is 2. The number of ether oxygens (including phenoxy) is 1. The van der Waals surface area contributed by atoms with Crippen molar-refractivity contribution in [3.8, 4) is 5.75 Å². The van der Waals surface area contributed by atoms with E-state index >= 15 is 0 Å². The van der Waals surface area contributed by atoms with E-state index < -0.39 is 6.10 Å². The van der Waals surface area contributed by atoms with Crippen LogP contribution in [0.15, 0.2) is 18.3 Å². The monoisotopic (exact) mass is 410 g/mol. The molecule has 2 aromatic rings. The highest BCUT2D eigenvalue weighted by atomic mass is 16.5. The molecule has 7 heteroatoms. The summed E-state index contributed by atoms with van der Waals surface area (Å²) in [7, 11) is 0. The van der Waals surface area contributed by atoms with Crippen molar-refractivity contribution in [2.75, 3.05) is 6.54 Å². The molecule has 1 aromatic carbocycles. The largest absolute Gasteiger partial charge is 0.480 e. The summed E-state index contributed by atoms with van der Waals surface area (Å²) in [6.45, 7) is 9.34. The van der Waals surface area contributed by atoms with E-state index in [1.807, 2.05) is 24.6 Å². The molecule has 2 amide bonds. The number of fused-ring (bicyclic) bond motifs is 2. The van der Waals surface area contributed by atoms with E-state index in [0.29, 0.717) is 18.5 Å². The fraction of sp³-hybridized carbons (Fsp3) is 0.522. The molecule has 7 nitrogen and oxygen atoms in total. The predicted octanol–water partition coefficient (Wildman–Crippen LogP) is 2.32. The van der Waals surface area contributed by atoms with Crippen LogP contribution in [-0.4, -0.2) is 40.3 Å². The lowest BCUT2D eigenvalue weighted by Crippen LogP contribution is -2.41. The standard InChI is InChI=1S/C23H30N4O3/c1-13(2)26-22(28)18-12-25-27-6-5-16(9-19(18)27)11-24-23(29)21-10-17-7-14(3)15(4)8-20(17)30-21/h7-8,12-13,16,21H,5-6,9-11H2,1-4H3,(H,24,29)(H,26,28)/t16-,21+/m1/s1. The van der Waals surface area contributed by atoms with Crippen molar-refractivity contribution in [2.45, 2.75) is 65.6 Å². The van der Waals surface area contributed by atoms with Crippen LogP contribution in [0.3, 0.4) is 0 Å². The van der Waals surface area contributed by atoms with Crippen molar-refractivity contribution in [1.29, 1.82) is 0 Å². The smallest absolute Gasteiger partial charge is 0.261 e. The van der Waals surface area contributed by atoms with Crippen LogP contribution in [-0.2, 0) is 24.2 Å². The summed E-state index contributed by atoms with van der Waals surface area (Å²) in [5.41, 5.74) is 5.08. The number of hydrogen-bond acceptors (Lipinski definition) is 4. The predicted molar refractivity (Wildman–Crippen MR) is 114 cm³/mol. The van der Waals surface area contributed by atoms with Gasteiger partial charge in [-0.3, -0.25) is 14.3 Å². The molecule has 3 heterocycles. The second-order valence-corrected chi connectivity index (χ2v) is 8.82. The van der Waals surface area contributed by atoms with Gasteiger partial charge in [0.1, 0.15) is 5.75 Å². The van der Waals surface area contributed by atoms with Crippen LogP contribution in [0.25, 0.3) is 0 Å². The zero-order valence-corrected chi connectivity index (χ0v) is 18.1. The van der Waals surface area contributed by atoms with Crippen LogP contribution in [0.1, 0.15) is 53.0 Å². The van der Waals surface area contributed by atoms with E-state index in [-0.39, 0.29) is 23.8 Å². The van der Waals surface area contributed by atoms with E-state index in [4.69, 9.17) is 4.74 Å². The fourth-order valence-corrected chi connectivity index (χ4v) is 4.22. The minimum Gasteiger partial charge on any atom is -0.480 e. The first-order valence-corrected chi connectivity index (χ1v) is 10.7. The summed E-state index contributed by atoms with van der Waals surface area (Å²) in [5, 5.41) is 10.4. The topological polar surface area (TPSA) is 85.2 Å². The van der Waals surface area contributed by atoms with Crippen molar-refractivity contribution < 1.29 is 14.3 Å². The summed E-state index contributed by atoms with van der Waals surface area (Å²) in [4.78, 5) is 25.1. The highest BCUT2D eigenvalue weighted by molar-refractivity contribution is 5.95. The number of benzene rings is 1. The van der Waals surface area contributed by atoms with Crippen LogP contribution >= 0.6 is 0 Å². The van der Waals surface area contributed by atoms with Crippen LogP contribution in [0, 0.1) is 19.8 Å². The Hall–Kier alpha value is -2.83. The maximum Gasteiger partial charge on any atom is 0.261 e. The molecule has 0 spiro atoms. The van der Waals surface area contributed by atoms with E-state index in [1.165, 1.54) is 11.1 Å². The average molecular weight is 411 g/mol. The number of nitrogens with one attached hydrogen (secondary N) is 2. The number of rotatable bonds is 5. The fourth-order valence-electron chi connectivity index (χ4n) is 4.22. The minimum absolute atomic E-state index is 0.0710. The van der Waals surface area contributed by atoms with Crippen LogP contribution in [0.4, 0.5) is 0 Å². The van der Waals surface area contributed by atoms with Gasteiger partial charge in [0.05, 0.1) is 17.5 Å². The Morgan fingerprint density at radius 2 is 2.00 bits per heavy atom. The summed E-state index contributed by atoms with van der Waals surface area (Å²) in [6.07, 6.45) is 3.44. The summed E-state index contributed by atoms with van der Waals surface area (Å²) >= 11 is 0. The molecule has 1 aromatic heterocycles. The number of aryl methyl sites for hydroxylation is 3. The summed E-state index contributed by atoms with van der Waals surface area (Å²) < 4.78 is 7.81. The Balaban J connectivity index is 1.34. The average Bonchev–Trinajstić information content (AvgIpc) is 3.29. The van der Waals surface area contributed by atoms with Gasteiger partial charge in [0, 0.05) is 25.6 Å². The first-order valence-electron chi connectivity index (χ1n) is 10.7. The van der Waals surface area contributed by atoms with Crippen molar-refractivity contribution in [2.24, 2.45) is 5.92 Å². The zero-order valence-electron chi connectivity index (χ0n) is 18.1. The van der Waals surface area contributed by atoms with Crippen molar-refractivity contribution >= 4 is 11.8 Å². The molecule has 4 rings (SSSR count). The minimum atomic E-state index is -0.470. The lowest BCUT2D eigenvalue weighted by Gasteiger charge is -2.25. The first-order chi connectivity index (χ1) is 14.3. The second kappa shape index (κ2) is 8.13. The number of hydrogen-bond donors (Lipinski definition) is 2. The van der Waals surface area contributed by atoms with E-state index in [2.05, 4.69) is 35.6 Å². The molecular weight excluding hydrogens is 380 g/mol. The Kier molecular flexibility index (Phi) is 5.54. The molecule has 0 aliphatic carbocycles. The van der Waals surface area contributed by atoms with Gasteiger partial charge in [0.25, 0.3) is 11.8 Å². The Bertz CT molecular complexity index is 948. The second-order valence-electron chi connectivity index (χ2n) is 8.82. The van der Waals surface area contributed by atoms with E-state index in [0.717, 1.165) is 36.4 Å². The maximum atomic E-state index is 12.7. The van der Waals surface area contributed by atoms with Gasteiger partial charge in [0.15, 0.2) is 6.10 Å². The van der Waals surface area contributed by atoms with Crippen LogP contribution in [0.5, 0.6) is 5.75 Å². The molecule has 0 bridgehead atoms. The zero-order chi connectivity index (χ0) is 21.4. The number of carbonyl (C=O) groups is 2. The molecular formula is C23H30N4O3. The van der Waals surface area contributed by atoms with Gasteiger partial charge in [-0.05, 0) is 69.2 Å². The third kappa shape index (κ3) is 4.06. The van der Waals surface area contributed by atoms with Crippen molar-refractivity contribution in [3.05, 3.63) is 46.3 Å². The highest BCUT2D eigenvalue weighted by Gasteiger charge is 2.31. The lowest BCUT2D eigenvalue weighted by atomic mass is 9.94. The molecule has 30 heavy (non-hydrogen) atoms. The lowest BCUT2D eigenvalue weighted by molar-refractivity contribution is -0.127. The van der Waals surface area contributed by atoms with Crippen LogP contribution in [0.2, 0.25) is 0 Å². The van der Waals surface area contributed by atoms with Gasteiger partial charge >= 0.3 is 0 Å². The number of nitrogens with zero attached hydrogens (tertiary/aromatic N) is 2. The normalized spacial score (nSPS) is 19.8. The van der Waals surface area contributed by atoms with E-state index in [9.17, 15) is 9.59 Å². The molecule has 2 aliphatic rings. The SMILES string of the molecule is Cc1cc2c(cc1C)O[C@H](C(=O)NC[C@@H]1CCn3ncc(C(=O)NC(C)C)c3C1)C2. The van der Waals surface area contributed by atoms with Gasteiger partial charge in [-0.1, -0.05) is 6.07 Å². The Morgan fingerprint density at radius 3 is 2.77 bits per heavy atom.